The van der Waals surface area contributed by atoms with Crippen LogP contribution < -0.4 is 10.1 Å². The Balaban J connectivity index is 2.65. The molecule has 0 spiro atoms. The Kier molecular flexibility index (Phi) is 5.83. The summed E-state index contributed by atoms with van der Waals surface area (Å²) in [6, 6.07) is 5.20. The second-order valence-corrected chi connectivity index (χ2v) is 4.91. The molecule has 1 aromatic rings. The second kappa shape index (κ2) is 7.37. The predicted molar refractivity (Wildman–Crippen MR) is 76.0 cm³/mol. The van der Waals surface area contributed by atoms with Crippen LogP contribution in [0.15, 0.2) is 24.3 Å². The third-order valence-corrected chi connectivity index (χ3v) is 2.84. The summed E-state index contributed by atoms with van der Waals surface area (Å²) in [6.07, 6.45) is 0. The highest BCUT2D eigenvalue weighted by Crippen LogP contribution is 2.25. The number of nitrogens with zero attached hydrogens (tertiary/aromatic N) is 1. The number of ketones is 1. The van der Waals surface area contributed by atoms with Gasteiger partial charge in [-0.15, -0.1) is 0 Å². The second-order valence-electron chi connectivity index (χ2n) is 4.91. The molecule has 1 N–H and O–H groups in total. The van der Waals surface area contributed by atoms with E-state index >= 15 is 0 Å². The number of nitro benzene ring substituents is 1. The quantitative estimate of drug-likeness (QED) is 0.609. The minimum atomic E-state index is -0.591. The lowest BCUT2D eigenvalue weighted by Crippen LogP contribution is -2.45. The molecule has 1 aromatic carbocycles. The van der Waals surface area contributed by atoms with Gasteiger partial charge in [0.15, 0.2) is 18.1 Å². The molecule has 1 atom stereocenters. The van der Waals surface area contributed by atoms with Crippen molar-refractivity contribution in [1.82, 2.24) is 5.32 Å². The van der Waals surface area contributed by atoms with Crippen LogP contribution >= 0.6 is 0 Å². The highest BCUT2D eigenvalue weighted by Gasteiger charge is 2.21. The Morgan fingerprint density at radius 2 is 1.95 bits per heavy atom. The molecular weight excluding hydrogens is 276 g/mol. The van der Waals surface area contributed by atoms with Crippen LogP contribution in [0.4, 0.5) is 5.69 Å². The number of hydrogen-bond donors (Lipinski definition) is 1. The van der Waals surface area contributed by atoms with Crippen molar-refractivity contribution >= 4 is 17.4 Å². The zero-order valence-corrected chi connectivity index (χ0v) is 12.2. The number of rotatable bonds is 7. The number of nitrogens with one attached hydrogen (secondary N) is 1. The van der Waals surface area contributed by atoms with E-state index in [0.717, 1.165) is 0 Å². The molecule has 0 aliphatic rings. The molecular formula is C14H18N2O5. The van der Waals surface area contributed by atoms with Crippen LogP contribution in [0.1, 0.15) is 20.8 Å². The fourth-order valence-corrected chi connectivity index (χ4v) is 1.83. The summed E-state index contributed by atoms with van der Waals surface area (Å²) in [5.74, 6) is -0.676. The smallest absolute Gasteiger partial charge is 0.310 e. The van der Waals surface area contributed by atoms with E-state index in [1.165, 1.54) is 25.1 Å². The van der Waals surface area contributed by atoms with E-state index in [0.29, 0.717) is 0 Å². The molecule has 7 heteroatoms. The van der Waals surface area contributed by atoms with Gasteiger partial charge in [-0.3, -0.25) is 19.7 Å². The van der Waals surface area contributed by atoms with Gasteiger partial charge in [0.05, 0.1) is 11.0 Å². The van der Waals surface area contributed by atoms with E-state index in [2.05, 4.69) is 5.32 Å². The maximum Gasteiger partial charge on any atom is 0.310 e. The van der Waals surface area contributed by atoms with Crippen LogP contribution in [0, 0.1) is 16.0 Å². The van der Waals surface area contributed by atoms with Crippen molar-refractivity contribution in [3.8, 4) is 5.75 Å². The zero-order valence-electron chi connectivity index (χ0n) is 12.2. The fourth-order valence-electron chi connectivity index (χ4n) is 1.83. The van der Waals surface area contributed by atoms with Crippen molar-refractivity contribution in [2.45, 2.75) is 26.8 Å². The van der Waals surface area contributed by atoms with E-state index in [-0.39, 0.29) is 29.7 Å². The van der Waals surface area contributed by atoms with Crippen molar-refractivity contribution in [2.24, 2.45) is 5.92 Å². The van der Waals surface area contributed by atoms with Crippen LogP contribution in [-0.4, -0.2) is 29.3 Å². The summed E-state index contributed by atoms with van der Waals surface area (Å²) in [4.78, 5) is 33.4. The van der Waals surface area contributed by atoms with Crippen molar-refractivity contribution in [3.05, 3.63) is 34.4 Å². The first-order valence-corrected chi connectivity index (χ1v) is 6.49. The van der Waals surface area contributed by atoms with Crippen LogP contribution in [-0.2, 0) is 9.59 Å². The monoisotopic (exact) mass is 294 g/mol. The molecule has 0 aliphatic carbocycles. The van der Waals surface area contributed by atoms with Gasteiger partial charge in [-0.05, 0) is 18.9 Å². The summed E-state index contributed by atoms with van der Waals surface area (Å²) in [5, 5.41) is 13.4. The summed E-state index contributed by atoms with van der Waals surface area (Å²) >= 11 is 0. The van der Waals surface area contributed by atoms with Crippen LogP contribution in [0.5, 0.6) is 5.75 Å². The van der Waals surface area contributed by atoms with Gasteiger partial charge in [-0.2, -0.15) is 0 Å². The van der Waals surface area contributed by atoms with E-state index in [1.54, 1.807) is 6.07 Å². The first-order valence-electron chi connectivity index (χ1n) is 6.49. The van der Waals surface area contributed by atoms with Crippen molar-refractivity contribution in [2.75, 3.05) is 6.61 Å². The lowest BCUT2D eigenvalue weighted by atomic mass is 10.0. The third-order valence-electron chi connectivity index (χ3n) is 2.84. The molecule has 21 heavy (non-hydrogen) atoms. The van der Waals surface area contributed by atoms with Gasteiger partial charge in [-0.1, -0.05) is 26.0 Å². The zero-order chi connectivity index (χ0) is 16.0. The average Bonchev–Trinajstić information content (AvgIpc) is 2.42. The first-order chi connectivity index (χ1) is 9.82. The largest absolute Gasteiger partial charge is 0.477 e. The van der Waals surface area contributed by atoms with Gasteiger partial charge < -0.3 is 10.1 Å². The number of hydrogen-bond acceptors (Lipinski definition) is 5. The number of amides is 1. The lowest BCUT2D eigenvalue weighted by molar-refractivity contribution is -0.385. The maximum absolute atomic E-state index is 11.8. The first kappa shape index (κ1) is 16.6. The minimum absolute atomic E-state index is 0.0153. The summed E-state index contributed by atoms with van der Waals surface area (Å²) in [7, 11) is 0. The molecule has 114 valence electrons. The molecule has 0 radical (unpaired) electrons. The number of ether oxygens (including phenoxy) is 1. The Hall–Kier alpha value is -2.44. The number of Topliss-reactive ketones (excluding diaryl/α,β-unsaturated/α-hetero) is 1. The third kappa shape index (κ3) is 4.87. The van der Waals surface area contributed by atoms with Crippen LogP contribution in [0.3, 0.4) is 0 Å². The molecule has 0 aliphatic heterocycles. The molecule has 0 saturated carbocycles. The van der Waals surface area contributed by atoms with Crippen LogP contribution in [0.25, 0.3) is 0 Å². The molecule has 1 amide bonds. The van der Waals surface area contributed by atoms with E-state index < -0.39 is 16.9 Å². The Bertz CT molecular complexity index is 542. The van der Waals surface area contributed by atoms with Gasteiger partial charge in [0.25, 0.3) is 5.91 Å². The molecule has 0 heterocycles. The lowest BCUT2D eigenvalue weighted by Gasteiger charge is -2.19. The maximum atomic E-state index is 11.8. The number of benzene rings is 1. The Morgan fingerprint density at radius 3 is 2.48 bits per heavy atom. The van der Waals surface area contributed by atoms with Crippen molar-refractivity contribution < 1.29 is 19.2 Å². The van der Waals surface area contributed by atoms with Gasteiger partial charge in [0, 0.05) is 6.07 Å². The summed E-state index contributed by atoms with van der Waals surface area (Å²) in [5.41, 5.74) is -0.211. The fraction of sp³-hybridized carbons (Fsp3) is 0.429. The van der Waals surface area contributed by atoms with Crippen molar-refractivity contribution in [1.29, 1.82) is 0 Å². The number of nitro groups is 1. The van der Waals surface area contributed by atoms with Gasteiger partial charge in [0.2, 0.25) is 0 Å². The SMILES string of the molecule is CC(=O)C(NC(=O)COc1ccccc1[N+](=O)[O-])C(C)C. The number of para-hydroxylation sites is 2. The van der Waals surface area contributed by atoms with Gasteiger partial charge in [-0.25, -0.2) is 0 Å². The van der Waals surface area contributed by atoms with Crippen LogP contribution in [0.2, 0.25) is 0 Å². The molecule has 0 bridgehead atoms. The van der Waals surface area contributed by atoms with E-state index in [9.17, 15) is 19.7 Å². The number of carbonyl (C=O) groups is 2. The van der Waals surface area contributed by atoms with Gasteiger partial charge in [0.1, 0.15) is 0 Å². The Labute approximate surface area is 122 Å². The highest BCUT2D eigenvalue weighted by molar-refractivity contribution is 5.88. The van der Waals surface area contributed by atoms with Crippen molar-refractivity contribution in [3.63, 3.8) is 0 Å². The van der Waals surface area contributed by atoms with Gasteiger partial charge >= 0.3 is 5.69 Å². The average molecular weight is 294 g/mol. The Morgan fingerprint density at radius 1 is 1.33 bits per heavy atom. The topological polar surface area (TPSA) is 98.5 Å². The molecule has 7 nitrogen and oxygen atoms in total. The highest BCUT2D eigenvalue weighted by atomic mass is 16.6. The predicted octanol–water partition coefficient (Wildman–Crippen LogP) is 1.70. The van der Waals surface area contributed by atoms with E-state index in [4.69, 9.17) is 4.74 Å². The summed E-state index contributed by atoms with van der Waals surface area (Å²) < 4.78 is 5.16. The molecule has 0 fully saturated rings. The summed E-state index contributed by atoms with van der Waals surface area (Å²) in [6.45, 7) is 4.64. The normalized spacial score (nSPS) is 11.8. The standard InChI is InChI=1S/C14H18N2O5/c1-9(2)14(10(3)17)15-13(18)8-21-12-7-5-4-6-11(12)16(19)20/h4-7,9,14H,8H2,1-3H3,(H,15,18). The van der Waals surface area contributed by atoms with E-state index in [1.807, 2.05) is 13.8 Å². The molecule has 0 aromatic heterocycles. The number of carbonyl (C=O) groups excluding carboxylic acids is 2. The molecule has 0 saturated heterocycles. The molecule has 1 rings (SSSR count). The molecule has 1 unspecified atom stereocenters. The minimum Gasteiger partial charge on any atom is -0.477 e.